The Kier molecular flexibility index (Phi) is 4.62. The average molecular weight is 293 g/mol. The van der Waals surface area contributed by atoms with Crippen molar-refractivity contribution in [2.24, 2.45) is 5.73 Å². The predicted octanol–water partition coefficient (Wildman–Crippen LogP) is 2.06. The molecule has 0 aromatic carbocycles. The summed E-state index contributed by atoms with van der Waals surface area (Å²) in [7, 11) is 0. The van der Waals surface area contributed by atoms with Crippen LogP contribution in [0.25, 0.3) is 0 Å². The Hall–Kier alpha value is -0.910. The van der Waals surface area contributed by atoms with Crippen LogP contribution in [0.1, 0.15) is 50.6 Å². The zero-order chi connectivity index (χ0) is 14.7. The molecule has 3 rings (SSSR count). The summed E-state index contributed by atoms with van der Waals surface area (Å²) in [5, 5.41) is 4.58. The van der Waals surface area contributed by atoms with Gasteiger partial charge in [0.05, 0.1) is 17.8 Å². The lowest BCUT2D eigenvalue weighted by molar-refractivity contribution is -0.145. The lowest BCUT2D eigenvalue weighted by atomic mass is 9.84. The molecule has 2 aliphatic rings. The van der Waals surface area contributed by atoms with E-state index in [1.54, 1.807) is 0 Å². The van der Waals surface area contributed by atoms with Crippen LogP contribution in [0.3, 0.4) is 0 Å². The molecular formula is C16H27N3O2. The molecule has 118 valence electrons. The van der Waals surface area contributed by atoms with Crippen molar-refractivity contribution in [2.45, 2.75) is 63.1 Å². The fraction of sp³-hybridized carbons (Fsp3) is 0.812. The fourth-order valence-electron chi connectivity index (χ4n) is 3.45. The van der Waals surface area contributed by atoms with Crippen molar-refractivity contribution in [3.8, 4) is 0 Å². The molecule has 0 radical (unpaired) electrons. The molecule has 1 aromatic heterocycles. The largest absolute Gasteiger partial charge is 0.381 e. The molecule has 2 fully saturated rings. The molecule has 5 nitrogen and oxygen atoms in total. The molecule has 2 unspecified atom stereocenters. The topological polar surface area (TPSA) is 62.3 Å². The van der Waals surface area contributed by atoms with Crippen LogP contribution in [0.5, 0.6) is 0 Å². The van der Waals surface area contributed by atoms with Crippen LogP contribution in [-0.2, 0) is 15.9 Å². The van der Waals surface area contributed by atoms with E-state index in [9.17, 15) is 0 Å². The minimum Gasteiger partial charge on any atom is -0.381 e. The van der Waals surface area contributed by atoms with Gasteiger partial charge in [0.2, 0.25) is 0 Å². The van der Waals surface area contributed by atoms with E-state index in [1.807, 2.05) is 6.20 Å². The highest BCUT2D eigenvalue weighted by Gasteiger charge is 2.39. The van der Waals surface area contributed by atoms with Gasteiger partial charge in [-0.3, -0.25) is 4.68 Å². The van der Waals surface area contributed by atoms with Gasteiger partial charge in [-0.05, 0) is 44.1 Å². The van der Waals surface area contributed by atoms with Gasteiger partial charge in [-0.15, -0.1) is 0 Å². The molecule has 0 amide bonds. The van der Waals surface area contributed by atoms with Crippen LogP contribution in [0, 0.1) is 0 Å². The van der Waals surface area contributed by atoms with Gasteiger partial charge in [0.15, 0.2) is 0 Å². The summed E-state index contributed by atoms with van der Waals surface area (Å²) in [4.78, 5) is 0. The summed E-state index contributed by atoms with van der Waals surface area (Å²) in [5.41, 5.74) is 7.30. The lowest BCUT2D eigenvalue weighted by Crippen LogP contribution is -2.44. The Morgan fingerprint density at radius 1 is 1.43 bits per heavy atom. The van der Waals surface area contributed by atoms with Gasteiger partial charge in [0.1, 0.15) is 0 Å². The summed E-state index contributed by atoms with van der Waals surface area (Å²) in [5.74, 6) is 0. The van der Waals surface area contributed by atoms with E-state index in [-0.39, 0.29) is 11.6 Å². The third-order valence-electron chi connectivity index (χ3n) is 4.92. The van der Waals surface area contributed by atoms with Crippen LogP contribution in [0.4, 0.5) is 0 Å². The number of ether oxygens (including phenoxy) is 2. The summed E-state index contributed by atoms with van der Waals surface area (Å²) < 4.78 is 13.7. The van der Waals surface area contributed by atoms with Crippen LogP contribution in [-0.4, -0.2) is 41.2 Å². The van der Waals surface area contributed by atoms with Crippen LogP contribution >= 0.6 is 0 Å². The zero-order valence-electron chi connectivity index (χ0n) is 13.0. The van der Waals surface area contributed by atoms with E-state index in [1.165, 1.54) is 5.56 Å². The van der Waals surface area contributed by atoms with Gasteiger partial charge < -0.3 is 15.2 Å². The quantitative estimate of drug-likeness (QED) is 0.923. The van der Waals surface area contributed by atoms with Crippen molar-refractivity contribution < 1.29 is 9.47 Å². The van der Waals surface area contributed by atoms with E-state index < -0.39 is 0 Å². The number of nitrogens with two attached hydrogens (primary N) is 1. The maximum Gasteiger partial charge on any atom is 0.0746 e. The first kappa shape index (κ1) is 15.0. The minimum atomic E-state index is 0.0209. The molecule has 1 aromatic rings. The van der Waals surface area contributed by atoms with E-state index in [0.717, 1.165) is 58.3 Å². The number of hydrogen-bond acceptors (Lipinski definition) is 4. The first-order valence-electron chi connectivity index (χ1n) is 8.21. The van der Waals surface area contributed by atoms with Gasteiger partial charge in [0, 0.05) is 32.1 Å². The smallest absolute Gasteiger partial charge is 0.0746 e. The van der Waals surface area contributed by atoms with Crippen molar-refractivity contribution in [1.29, 1.82) is 0 Å². The number of nitrogens with zero attached hydrogens (tertiary/aromatic N) is 2. The Bertz CT molecular complexity index is 449. The second kappa shape index (κ2) is 6.46. The molecule has 0 saturated carbocycles. The Labute approximate surface area is 126 Å². The molecule has 5 heteroatoms. The van der Waals surface area contributed by atoms with Crippen molar-refractivity contribution in [3.05, 3.63) is 18.0 Å². The maximum absolute atomic E-state index is 6.11. The molecule has 21 heavy (non-hydrogen) atoms. The average Bonchev–Trinajstić information content (AvgIpc) is 2.96. The monoisotopic (exact) mass is 293 g/mol. The van der Waals surface area contributed by atoms with Crippen molar-refractivity contribution in [1.82, 2.24) is 9.78 Å². The summed E-state index contributed by atoms with van der Waals surface area (Å²) >= 11 is 0. The fourth-order valence-corrected chi connectivity index (χ4v) is 3.45. The Balaban J connectivity index is 1.66. The van der Waals surface area contributed by atoms with Gasteiger partial charge in [-0.1, -0.05) is 6.92 Å². The van der Waals surface area contributed by atoms with Crippen molar-refractivity contribution in [2.75, 3.05) is 19.8 Å². The van der Waals surface area contributed by atoms with Gasteiger partial charge in [-0.2, -0.15) is 5.10 Å². The first-order chi connectivity index (χ1) is 10.2. The summed E-state index contributed by atoms with van der Waals surface area (Å²) in [6.07, 6.45) is 10.2. The minimum absolute atomic E-state index is 0.0209. The van der Waals surface area contributed by atoms with Gasteiger partial charge in [0.25, 0.3) is 0 Å². The molecule has 2 saturated heterocycles. The number of hydrogen-bond donors (Lipinski definition) is 1. The Morgan fingerprint density at radius 3 is 3.00 bits per heavy atom. The van der Waals surface area contributed by atoms with Gasteiger partial charge >= 0.3 is 0 Å². The van der Waals surface area contributed by atoms with Gasteiger partial charge in [-0.25, -0.2) is 0 Å². The van der Waals surface area contributed by atoms with Crippen LogP contribution < -0.4 is 5.73 Å². The molecule has 2 aliphatic heterocycles. The SMILES string of the molecule is CCC(N)Cc1cnn(C2CCOC3(CCOCC3)C2)c1. The maximum atomic E-state index is 6.11. The normalized spacial score (nSPS) is 26.9. The third-order valence-corrected chi connectivity index (χ3v) is 4.92. The molecule has 2 N–H and O–H groups in total. The lowest BCUT2D eigenvalue weighted by Gasteiger charge is -2.43. The second-order valence-electron chi connectivity index (χ2n) is 6.49. The molecule has 0 aliphatic carbocycles. The van der Waals surface area contributed by atoms with E-state index >= 15 is 0 Å². The number of aromatic nitrogens is 2. The van der Waals surface area contributed by atoms with E-state index in [2.05, 4.69) is 22.9 Å². The zero-order valence-corrected chi connectivity index (χ0v) is 13.0. The van der Waals surface area contributed by atoms with Crippen molar-refractivity contribution >= 4 is 0 Å². The number of rotatable bonds is 4. The highest BCUT2D eigenvalue weighted by molar-refractivity contribution is 5.07. The molecule has 0 bridgehead atoms. The van der Waals surface area contributed by atoms with Crippen LogP contribution in [0.15, 0.2) is 12.4 Å². The molecule has 2 atom stereocenters. The summed E-state index contributed by atoms with van der Waals surface area (Å²) in [6.45, 7) is 4.60. The second-order valence-corrected chi connectivity index (χ2v) is 6.49. The predicted molar refractivity (Wildman–Crippen MR) is 81.2 cm³/mol. The van der Waals surface area contributed by atoms with Crippen molar-refractivity contribution in [3.63, 3.8) is 0 Å². The standard InChI is InChI=1S/C16H27N3O2/c1-2-14(17)9-13-11-18-19(12-13)15-3-6-21-16(10-15)4-7-20-8-5-16/h11-12,14-15H,2-10,17H2,1H3. The molecule has 1 spiro atoms. The highest BCUT2D eigenvalue weighted by Crippen LogP contribution is 2.38. The Morgan fingerprint density at radius 2 is 2.24 bits per heavy atom. The first-order valence-corrected chi connectivity index (χ1v) is 8.21. The van der Waals surface area contributed by atoms with E-state index in [0.29, 0.717) is 6.04 Å². The highest BCUT2D eigenvalue weighted by atomic mass is 16.5. The molecular weight excluding hydrogens is 266 g/mol. The summed E-state index contributed by atoms with van der Waals surface area (Å²) in [6, 6.07) is 0.683. The molecule has 3 heterocycles. The van der Waals surface area contributed by atoms with Crippen LogP contribution in [0.2, 0.25) is 0 Å². The third kappa shape index (κ3) is 3.47. The van der Waals surface area contributed by atoms with E-state index in [4.69, 9.17) is 15.2 Å².